The number of nitrogens with zero attached hydrogens (tertiary/aromatic N) is 6. The zero-order chi connectivity index (χ0) is 51.6. The van der Waals surface area contributed by atoms with Gasteiger partial charge in [0, 0.05) is 25.3 Å². The predicted molar refractivity (Wildman–Crippen MR) is 316 cm³/mol. The number of rotatable bonds is 14. The number of ether oxygens (including phenoxy) is 1. The normalized spacial score (nSPS) is 14.7. The maximum absolute atomic E-state index is 5.15. The Morgan fingerprint density at radius 3 is 0.828 bits per heavy atom. The van der Waals surface area contributed by atoms with Gasteiger partial charge in [0.15, 0.2) is 0 Å². The summed E-state index contributed by atoms with van der Waals surface area (Å²) in [5.74, 6) is 0. The van der Waals surface area contributed by atoms with Crippen molar-refractivity contribution >= 4 is 65.9 Å². The minimum Gasteiger partial charge on any atom is -0.668 e. The fraction of sp³-hybridized carbons (Fsp3) is 1.00. The molecule has 1 radical (unpaired) electrons. The number of hydrogen-bond donors (Lipinski definition) is 1. The zero-order valence-corrected chi connectivity index (χ0v) is 60.6. The van der Waals surface area contributed by atoms with Crippen LogP contribution >= 0.6 is 0 Å². The summed E-state index contributed by atoms with van der Waals surface area (Å²) in [5.41, 5.74) is 0.277. The minimum atomic E-state index is -1.51. The molecule has 0 bridgehead atoms. The van der Waals surface area contributed by atoms with Gasteiger partial charge in [0.05, 0.1) is 0 Å². The van der Waals surface area contributed by atoms with Crippen LogP contribution in [0, 0.1) is 0 Å². The van der Waals surface area contributed by atoms with Gasteiger partial charge in [0.1, 0.15) is 8.24 Å². The number of nitrogens with one attached hydrogen (secondary N) is 1. The Labute approximate surface area is 436 Å². The van der Waals surface area contributed by atoms with Gasteiger partial charge in [-0.15, -0.1) is 5.54 Å². The van der Waals surface area contributed by atoms with Gasteiger partial charge in [-0.05, 0) is 66.5 Å². The molecule has 0 unspecified atom stereocenters. The Morgan fingerprint density at radius 2 is 0.688 bits per heavy atom. The summed E-state index contributed by atoms with van der Waals surface area (Å²) in [4.78, 5) is 13.5. The van der Waals surface area contributed by atoms with Crippen molar-refractivity contribution in [1.29, 1.82) is 0 Å². The topological polar surface area (TPSA) is 84.1 Å². The molecule has 1 aliphatic rings. The Morgan fingerprint density at radius 1 is 0.438 bits per heavy atom. The minimum absolute atomic E-state index is 0. The first kappa shape index (κ1) is 80.5. The van der Waals surface area contributed by atoms with E-state index in [1.165, 1.54) is 12.8 Å². The molecule has 0 saturated carbocycles. The second-order valence-corrected chi connectivity index (χ2v) is 67.3. The molecule has 0 aromatic carbocycles. The molecule has 1 rings (SSSR count). The molecule has 1 aliphatic heterocycles. The average Bonchev–Trinajstić information content (AvgIpc) is 3.39. The average molecular weight is 1130 g/mol. The second kappa shape index (κ2) is 31.8. The predicted octanol–water partition coefficient (Wildman–Crippen LogP) is 16.5. The molecule has 18 heteroatoms. The third-order valence-electron chi connectivity index (χ3n) is 9.20. The van der Waals surface area contributed by atoms with Gasteiger partial charge in [0.2, 0.25) is 0 Å². The van der Waals surface area contributed by atoms with E-state index in [1.807, 2.05) is 0 Å². The van der Waals surface area contributed by atoms with E-state index in [2.05, 4.69) is 256 Å². The molecule has 1 saturated heterocycles. The third kappa shape index (κ3) is 60.5. The molecular formula is C46H121Co2N7OSi8+. The van der Waals surface area contributed by atoms with Gasteiger partial charge in [0.25, 0.3) is 0 Å². The van der Waals surface area contributed by atoms with Crippen molar-refractivity contribution in [2.24, 2.45) is 0 Å². The molecule has 0 aromatic heterocycles. The first-order chi connectivity index (χ1) is 26.4. The summed E-state index contributed by atoms with van der Waals surface area (Å²) < 4.78 is 19.4. The van der Waals surface area contributed by atoms with Gasteiger partial charge in [-0.3, -0.25) is 0 Å². The molecule has 1 heterocycles. The molecule has 8 nitrogen and oxygen atoms in total. The van der Waals surface area contributed by atoms with Crippen molar-refractivity contribution < 1.29 is 38.3 Å². The molecule has 0 aromatic rings. The van der Waals surface area contributed by atoms with E-state index < -0.39 is 65.9 Å². The SMILES string of the molecule is C1CCOC1.CN(C)CC(C)(C)N[Si](C)(C)C(C)(C)C.CN(C)CC(C)(C)[N-][Si](C)(C)C(C)(C)C.C[Si](C)(C)[N-][Si](C)(C)C.C[Si](C)(C)[N-][Si](C)(C)C.C[Si](C)(C)[N-][Si](C)(C)C.[Co+2].[Co+3]. The zero-order valence-electron chi connectivity index (χ0n) is 50.5. The molecule has 0 amide bonds. The van der Waals surface area contributed by atoms with Crippen molar-refractivity contribution in [3.05, 3.63) is 18.9 Å². The van der Waals surface area contributed by atoms with E-state index in [1.54, 1.807) is 0 Å². The molecule has 0 aliphatic carbocycles. The molecule has 1 fully saturated rings. The second-order valence-electron chi connectivity index (χ2n) is 28.8. The third-order valence-corrected chi connectivity index (χ3v) is 35.2. The summed E-state index contributed by atoms with van der Waals surface area (Å²) in [7, 11) is -1.03. The molecule has 64 heavy (non-hydrogen) atoms. The fourth-order valence-corrected chi connectivity index (χ4v) is 35.3. The number of hydrogen-bond acceptors (Lipinski definition) is 4. The smallest absolute Gasteiger partial charge is 0.668 e. The Hall–Kier alpha value is 2.43. The first-order valence-corrected chi connectivity index (χ1v) is 50.6. The maximum Gasteiger partial charge on any atom is 3.00 e. The van der Waals surface area contributed by atoms with Crippen molar-refractivity contribution in [1.82, 2.24) is 14.8 Å². The fourth-order valence-electron chi connectivity index (χ4n) is 7.13. The van der Waals surface area contributed by atoms with Crippen LogP contribution < -0.4 is 4.98 Å². The molecule has 395 valence electrons. The van der Waals surface area contributed by atoms with Crippen molar-refractivity contribution in [3.63, 3.8) is 0 Å². The van der Waals surface area contributed by atoms with Gasteiger partial charge in [-0.25, -0.2) is 0 Å². The van der Waals surface area contributed by atoms with Crippen LogP contribution in [0.1, 0.15) is 82.1 Å². The van der Waals surface area contributed by atoms with E-state index in [9.17, 15) is 0 Å². The molecule has 0 spiro atoms. The van der Waals surface area contributed by atoms with Crippen LogP contribution in [-0.2, 0) is 38.3 Å². The van der Waals surface area contributed by atoms with Crippen LogP contribution in [-0.4, -0.2) is 141 Å². The van der Waals surface area contributed by atoms with E-state index in [0.717, 1.165) is 26.3 Å². The summed E-state index contributed by atoms with van der Waals surface area (Å²) in [6.07, 6.45) is 2.56. The van der Waals surface area contributed by atoms with Gasteiger partial charge < -0.3 is 38.4 Å². The molecule has 1 N–H and O–H groups in total. The van der Waals surface area contributed by atoms with Gasteiger partial charge in [-0.1, -0.05) is 262 Å². The Kier molecular flexibility index (Phi) is 40.0. The Balaban J connectivity index is -0.000000125. The first-order valence-electron chi connectivity index (χ1n) is 24.0. The standard InChI is InChI=1S/C12H30N2Si.C12H29N2Si.3C6H18NSi2.C4H8O.2Co/c2*1-11(2,3)15(8,9)13-12(4,5)10-14(6)7;3*1-8(2,3)7-9(4,5)6;1-2-4-5-3-1;;/h13H,10H2,1-9H3;10H2,1-9H3;3*1-6H3;1-4H2;;/q;4*-1;;+2;+3. The van der Waals surface area contributed by atoms with E-state index in [4.69, 9.17) is 23.7 Å². The van der Waals surface area contributed by atoms with Crippen LogP contribution in [0.25, 0.3) is 18.9 Å². The monoisotopic (exact) mass is 1130 g/mol. The molecule has 0 atom stereocenters. The van der Waals surface area contributed by atoms with Crippen LogP contribution in [0.2, 0.25) is 154 Å². The van der Waals surface area contributed by atoms with Gasteiger partial charge >= 0.3 is 33.6 Å². The largest absolute Gasteiger partial charge is 3.00 e. The summed E-state index contributed by atoms with van der Waals surface area (Å²) in [6, 6.07) is 0. The quantitative estimate of drug-likeness (QED) is 0.176. The van der Waals surface area contributed by atoms with Crippen LogP contribution in [0.4, 0.5) is 0 Å². The van der Waals surface area contributed by atoms with E-state index in [-0.39, 0.29) is 44.6 Å². The van der Waals surface area contributed by atoms with Crippen LogP contribution in [0.3, 0.4) is 0 Å². The summed E-state index contributed by atoms with van der Waals surface area (Å²) in [6.45, 7) is 78.1. The van der Waals surface area contributed by atoms with Crippen molar-refractivity contribution in [2.75, 3.05) is 54.5 Å². The van der Waals surface area contributed by atoms with Crippen molar-refractivity contribution in [3.8, 4) is 0 Å². The molecular weight excluding hydrogens is 1010 g/mol. The van der Waals surface area contributed by atoms with E-state index >= 15 is 0 Å². The summed E-state index contributed by atoms with van der Waals surface area (Å²) >= 11 is 0. The Bertz CT molecular complexity index is 1000. The maximum atomic E-state index is 5.15. The van der Waals surface area contributed by atoms with Gasteiger partial charge in [-0.2, -0.15) is 0 Å². The van der Waals surface area contributed by atoms with Crippen molar-refractivity contribution in [2.45, 2.75) is 247 Å². The summed E-state index contributed by atoms with van der Waals surface area (Å²) in [5, 5.41) is 0.743. The number of likely N-dealkylation sites (N-methyl/N-ethyl adjacent to an activating group) is 2. The van der Waals surface area contributed by atoms with Crippen LogP contribution in [0.15, 0.2) is 0 Å². The van der Waals surface area contributed by atoms with E-state index in [0.29, 0.717) is 10.1 Å². The van der Waals surface area contributed by atoms with Crippen LogP contribution in [0.5, 0.6) is 0 Å².